The Labute approximate surface area is 132 Å². The third-order valence-corrected chi connectivity index (χ3v) is 3.23. The maximum Gasteiger partial charge on any atom is 0.265 e. The van der Waals surface area contributed by atoms with Crippen molar-refractivity contribution in [3.63, 3.8) is 0 Å². The van der Waals surface area contributed by atoms with E-state index in [0.717, 1.165) is 0 Å². The molecule has 2 rings (SSSR count). The molecule has 1 unspecified atom stereocenters. The molecule has 2 aromatic carbocycles. The summed E-state index contributed by atoms with van der Waals surface area (Å²) in [7, 11) is 0. The summed E-state index contributed by atoms with van der Waals surface area (Å²) in [6.45, 7) is 1.49. The van der Waals surface area contributed by atoms with E-state index >= 15 is 0 Å². The number of alkyl halides is 2. The van der Waals surface area contributed by atoms with Crippen molar-refractivity contribution in [2.75, 3.05) is 5.32 Å². The molecule has 0 spiro atoms. The highest BCUT2D eigenvalue weighted by atomic mass is 19.3. The third kappa shape index (κ3) is 4.35. The summed E-state index contributed by atoms with van der Waals surface area (Å²) in [4.78, 5) is 24.1. The van der Waals surface area contributed by atoms with Crippen LogP contribution in [-0.4, -0.2) is 17.9 Å². The molecule has 23 heavy (non-hydrogen) atoms. The second kappa shape index (κ2) is 7.49. The Morgan fingerprint density at radius 3 is 2.22 bits per heavy atom. The lowest BCUT2D eigenvalue weighted by Gasteiger charge is -2.16. The number of amides is 2. The first-order chi connectivity index (χ1) is 11.0. The van der Waals surface area contributed by atoms with Crippen LogP contribution in [0.25, 0.3) is 0 Å². The monoisotopic (exact) mass is 318 g/mol. The van der Waals surface area contributed by atoms with Gasteiger partial charge in [-0.25, -0.2) is 8.78 Å². The number of anilines is 1. The molecule has 0 aliphatic carbocycles. The molecule has 0 heterocycles. The van der Waals surface area contributed by atoms with Crippen LogP contribution < -0.4 is 10.6 Å². The average molecular weight is 318 g/mol. The number of hydrogen-bond donors (Lipinski definition) is 2. The number of para-hydroxylation sites is 1. The molecule has 0 aliphatic rings. The normalized spacial score (nSPS) is 11.8. The van der Waals surface area contributed by atoms with E-state index in [2.05, 4.69) is 10.6 Å². The Kier molecular flexibility index (Phi) is 5.41. The molecule has 2 amide bonds. The van der Waals surface area contributed by atoms with Crippen molar-refractivity contribution in [2.24, 2.45) is 0 Å². The summed E-state index contributed by atoms with van der Waals surface area (Å²) in [5.41, 5.74) is 0.191. The number of hydrogen-bond acceptors (Lipinski definition) is 2. The van der Waals surface area contributed by atoms with E-state index in [0.29, 0.717) is 5.56 Å². The van der Waals surface area contributed by atoms with Gasteiger partial charge in [0.1, 0.15) is 6.04 Å². The lowest BCUT2D eigenvalue weighted by atomic mass is 10.1. The number of nitrogens with one attached hydrogen (secondary N) is 2. The van der Waals surface area contributed by atoms with E-state index in [1.54, 1.807) is 36.4 Å². The lowest BCUT2D eigenvalue weighted by molar-refractivity contribution is -0.117. The minimum absolute atomic E-state index is 0.0355. The molecular formula is C17H16F2N2O2. The molecule has 6 heteroatoms. The quantitative estimate of drug-likeness (QED) is 0.888. The van der Waals surface area contributed by atoms with Crippen molar-refractivity contribution in [1.82, 2.24) is 5.32 Å². The Morgan fingerprint density at radius 2 is 1.57 bits per heavy atom. The minimum atomic E-state index is -2.69. The smallest absolute Gasteiger partial charge is 0.265 e. The van der Waals surface area contributed by atoms with Gasteiger partial charge in [-0.3, -0.25) is 9.59 Å². The molecule has 0 aliphatic heterocycles. The largest absolute Gasteiger partial charge is 0.341 e. The SMILES string of the molecule is CC(NC(=O)c1ccccc1)C(=O)Nc1ccccc1C(F)F. The summed E-state index contributed by atoms with van der Waals surface area (Å²) in [6.07, 6.45) is -2.69. The van der Waals surface area contributed by atoms with Gasteiger partial charge in [0, 0.05) is 16.8 Å². The molecule has 0 aromatic heterocycles. The number of carbonyl (C=O) groups is 2. The van der Waals surface area contributed by atoms with E-state index in [4.69, 9.17) is 0 Å². The van der Waals surface area contributed by atoms with E-state index in [-0.39, 0.29) is 11.3 Å². The Hall–Kier alpha value is -2.76. The first-order valence-corrected chi connectivity index (χ1v) is 7.03. The van der Waals surface area contributed by atoms with Gasteiger partial charge in [0.05, 0.1) is 0 Å². The summed E-state index contributed by atoms with van der Waals surface area (Å²) in [6, 6.07) is 13.2. The zero-order valence-corrected chi connectivity index (χ0v) is 12.4. The lowest BCUT2D eigenvalue weighted by Crippen LogP contribution is -2.41. The van der Waals surface area contributed by atoms with Crippen molar-refractivity contribution in [2.45, 2.75) is 19.4 Å². The van der Waals surface area contributed by atoms with Crippen LogP contribution in [0.4, 0.5) is 14.5 Å². The van der Waals surface area contributed by atoms with Crippen LogP contribution in [0.5, 0.6) is 0 Å². The van der Waals surface area contributed by atoms with Crippen LogP contribution in [0.3, 0.4) is 0 Å². The van der Waals surface area contributed by atoms with E-state index < -0.39 is 24.3 Å². The van der Waals surface area contributed by atoms with Gasteiger partial charge in [0.2, 0.25) is 5.91 Å². The predicted octanol–water partition coefficient (Wildman–Crippen LogP) is 3.38. The number of benzene rings is 2. The van der Waals surface area contributed by atoms with Gasteiger partial charge in [0.25, 0.3) is 12.3 Å². The van der Waals surface area contributed by atoms with Crippen LogP contribution in [0, 0.1) is 0 Å². The van der Waals surface area contributed by atoms with Crippen molar-refractivity contribution in [1.29, 1.82) is 0 Å². The molecule has 0 saturated heterocycles. The summed E-state index contributed by atoms with van der Waals surface area (Å²) in [5, 5.41) is 4.94. The maximum absolute atomic E-state index is 12.9. The number of carbonyl (C=O) groups excluding carboxylic acids is 2. The van der Waals surface area contributed by atoms with Gasteiger partial charge in [-0.05, 0) is 25.1 Å². The second-order valence-electron chi connectivity index (χ2n) is 4.94. The summed E-state index contributed by atoms with van der Waals surface area (Å²) < 4.78 is 25.8. The fraction of sp³-hybridized carbons (Fsp3) is 0.176. The van der Waals surface area contributed by atoms with Crippen LogP contribution in [-0.2, 0) is 4.79 Å². The van der Waals surface area contributed by atoms with E-state index in [1.807, 2.05) is 0 Å². The van der Waals surface area contributed by atoms with Gasteiger partial charge in [-0.2, -0.15) is 0 Å². The highest BCUT2D eigenvalue weighted by Gasteiger charge is 2.19. The zero-order chi connectivity index (χ0) is 16.8. The zero-order valence-electron chi connectivity index (χ0n) is 12.4. The molecule has 120 valence electrons. The fourth-order valence-corrected chi connectivity index (χ4v) is 1.98. The molecular weight excluding hydrogens is 302 g/mol. The van der Waals surface area contributed by atoms with Crippen molar-refractivity contribution in [3.05, 3.63) is 65.7 Å². The summed E-state index contributed by atoms with van der Waals surface area (Å²) >= 11 is 0. The Morgan fingerprint density at radius 1 is 0.957 bits per heavy atom. The van der Waals surface area contributed by atoms with E-state index in [1.165, 1.54) is 25.1 Å². The van der Waals surface area contributed by atoms with Crippen LogP contribution >= 0.6 is 0 Å². The Bertz CT molecular complexity index is 690. The fourth-order valence-electron chi connectivity index (χ4n) is 1.98. The van der Waals surface area contributed by atoms with Crippen molar-refractivity contribution in [3.8, 4) is 0 Å². The van der Waals surface area contributed by atoms with E-state index in [9.17, 15) is 18.4 Å². The third-order valence-electron chi connectivity index (χ3n) is 3.23. The molecule has 1 atom stereocenters. The van der Waals surface area contributed by atoms with Crippen LogP contribution in [0.15, 0.2) is 54.6 Å². The summed E-state index contributed by atoms with van der Waals surface area (Å²) in [5.74, 6) is -0.974. The van der Waals surface area contributed by atoms with Gasteiger partial charge in [-0.15, -0.1) is 0 Å². The molecule has 0 saturated carbocycles. The predicted molar refractivity (Wildman–Crippen MR) is 83.4 cm³/mol. The minimum Gasteiger partial charge on any atom is -0.341 e. The average Bonchev–Trinajstić information content (AvgIpc) is 2.55. The molecule has 2 N–H and O–H groups in total. The van der Waals surface area contributed by atoms with Gasteiger partial charge >= 0.3 is 0 Å². The van der Waals surface area contributed by atoms with Gasteiger partial charge < -0.3 is 10.6 Å². The number of halogens is 2. The van der Waals surface area contributed by atoms with Crippen LogP contribution in [0.1, 0.15) is 29.3 Å². The molecule has 2 aromatic rings. The van der Waals surface area contributed by atoms with Gasteiger partial charge in [-0.1, -0.05) is 36.4 Å². The standard InChI is InChI=1S/C17H16F2N2O2/c1-11(20-17(23)12-7-3-2-4-8-12)16(22)21-14-10-6-5-9-13(14)15(18)19/h2-11,15H,1H3,(H,20,23)(H,21,22). The highest BCUT2D eigenvalue weighted by Crippen LogP contribution is 2.26. The molecule has 0 fully saturated rings. The number of rotatable bonds is 5. The van der Waals surface area contributed by atoms with Crippen molar-refractivity contribution < 1.29 is 18.4 Å². The highest BCUT2D eigenvalue weighted by molar-refractivity contribution is 6.01. The Balaban J connectivity index is 2.02. The molecule has 0 bridgehead atoms. The topological polar surface area (TPSA) is 58.2 Å². The van der Waals surface area contributed by atoms with Crippen LogP contribution in [0.2, 0.25) is 0 Å². The van der Waals surface area contributed by atoms with Gasteiger partial charge in [0.15, 0.2) is 0 Å². The second-order valence-corrected chi connectivity index (χ2v) is 4.94. The molecule has 0 radical (unpaired) electrons. The first-order valence-electron chi connectivity index (χ1n) is 7.03. The molecule has 4 nitrogen and oxygen atoms in total. The maximum atomic E-state index is 12.9. The first kappa shape index (κ1) is 16.6. The van der Waals surface area contributed by atoms with Crippen molar-refractivity contribution >= 4 is 17.5 Å².